The Bertz CT molecular complexity index is 513. The van der Waals surface area contributed by atoms with Gasteiger partial charge in [-0.2, -0.15) is 0 Å². The molecule has 0 aliphatic rings. The van der Waals surface area contributed by atoms with Gasteiger partial charge in [0, 0.05) is 43.9 Å². The van der Waals surface area contributed by atoms with Crippen LogP contribution in [0.1, 0.15) is 42.3 Å². The van der Waals surface area contributed by atoms with Crippen molar-refractivity contribution in [3.05, 3.63) is 15.6 Å². The van der Waals surface area contributed by atoms with Crippen LogP contribution in [0.2, 0.25) is 0 Å². The minimum Gasteiger partial charge on any atom is -0.356 e. The Labute approximate surface area is 166 Å². The highest BCUT2D eigenvalue weighted by Gasteiger charge is 2.06. The summed E-state index contributed by atoms with van der Waals surface area (Å²) in [5, 5.41) is 10.5. The SMILES string of the molecule is CCC(C)NC(=O)CCNC(=NC)NCCc1nc(C)c(C)s1.I. The third kappa shape index (κ3) is 8.81. The first kappa shape index (κ1) is 23.1. The van der Waals surface area contributed by atoms with Gasteiger partial charge in [0.1, 0.15) is 0 Å². The lowest BCUT2D eigenvalue weighted by Gasteiger charge is -2.13. The van der Waals surface area contributed by atoms with Gasteiger partial charge in [0.2, 0.25) is 5.91 Å². The maximum Gasteiger partial charge on any atom is 0.221 e. The molecule has 1 atom stereocenters. The van der Waals surface area contributed by atoms with Crippen molar-refractivity contribution < 1.29 is 4.79 Å². The van der Waals surface area contributed by atoms with Crippen molar-refractivity contribution in [2.75, 3.05) is 20.1 Å². The van der Waals surface area contributed by atoms with Crippen molar-refractivity contribution in [3.63, 3.8) is 0 Å². The molecule has 6 nitrogen and oxygen atoms in total. The van der Waals surface area contributed by atoms with Crippen LogP contribution in [0.3, 0.4) is 0 Å². The van der Waals surface area contributed by atoms with Crippen molar-refractivity contribution in [2.45, 2.75) is 53.0 Å². The second kappa shape index (κ2) is 12.5. The summed E-state index contributed by atoms with van der Waals surface area (Å²) >= 11 is 1.74. The summed E-state index contributed by atoms with van der Waals surface area (Å²) in [4.78, 5) is 21.7. The summed E-state index contributed by atoms with van der Waals surface area (Å²) in [6, 6.07) is 0.227. The molecule has 0 spiro atoms. The van der Waals surface area contributed by atoms with Gasteiger partial charge in [-0.3, -0.25) is 9.79 Å². The lowest BCUT2D eigenvalue weighted by atomic mass is 10.2. The van der Waals surface area contributed by atoms with Gasteiger partial charge in [0.05, 0.1) is 10.7 Å². The molecule has 0 aliphatic carbocycles. The maximum atomic E-state index is 11.7. The summed E-state index contributed by atoms with van der Waals surface area (Å²) in [7, 11) is 1.73. The van der Waals surface area contributed by atoms with Gasteiger partial charge < -0.3 is 16.0 Å². The van der Waals surface area contributed by atoms with E-state index in [2.05, 4.69) is 39.8 Å². The van der Waals surface area contributed by atoms with Crippen LogP contribution in [-0.4, -0.2) is 43.0 Å². The van der Waals surface area contributed by atoms with E-state index in [9.17, 15) is 4.79 Å². The molecule has 138 valence electrons. The fourth-order valence-electron chi connectivity index (χ4n) is 1.90. The fraction of sp³-hybridized carbons (Fsp3) is 0.688. The van der Waals surface area contributed by atoms with Crippen LogP contribution in [0, 0.1) is 13.8 Å². The second-order valence-corrected chi connectivity index (χ2v) is 6.84. The van der Waals surface area contributed by atoms with Crippen molar-refractivity contribution >= 4 is 47.2 Å². The standard InChI is InChI=1S/C16H29N5OS.HI/c1-6-11(2)20-14(22)7-9-18-16(17-5)19-10-8-15-21-12(3)13(4)23-15;/h11H,6-10H2,1-5H3,(H,20,22)(H2,17,18,19);1H. The Morgan fingerprint density at radius 1 is 1.29 bits per heavy atom. The Hall–Kier alpha value is -0.900. The van der Waals surface area contributed by atoms with E-state index in [4.69, 9.17) is 0 Å². The summed E-state index contributed by atoms with van der Waals surface area (Å²) in [6.07, 6.45) is 2.25. The third-order valence-electron chi connectivity index (χ3n) is 3.59. The van der Waals surface area contributed by atoms with Crippen LogP contribution in [0.25, 0.3) is 0 Å². The van der Waals surface area contributed by atoms with E-state index < -0.39 is 0 Å². The van der Waals surface area contributed by atoms with Crippen LogP contribution in [-0.2, 0) is 11.2 Å². The quantitative estimate of drug-likeness (QED) is 0.312. The summed E-state index contributed by atoms with van der Waals surface area (Å²) in [5.41, 5.74) is 1.11. The molecule has 0 fully saturated rings. The zero-order valence-corrected chi connectivity index (χ0v) is 18.4. The number of aliphatic imine (C=N–C) groups is 1. The van der Waals surface area contributed by atoms with Crippen LogP contribution >= 0.6 is 35.3 Å². The molecule has 24 heavy (non-hydrogen) atoms. The number of aryl methyl sites for hydroxylation is 2. The number of halogens is 1. The van der Waals surface area contributed by atoms with E-state index in [1.165, 1.54) is 4.88 Å². The highest BCUT2D eigenvalue weighted by molar-refractivity contribution is 14.0. The highest BCUT2D eigenvalue weighted by Crippen LogP contribution is 2.16. The maximum absolute atomic E-state index is 11.7. The molecule has 0 radical (unpaired) electrons. The minimum absolute atomic E-state index is 0. The Balaban J connectivity index is 0.00000529. The van der Waals surface area contributed by atoms with Gasteiger partial charge in [-0.25, -0.2) is 4.98 Å². The number of nitrogens with zero attached hydrogens (tertiary/aromatic N) is 2. The number of amides is 1. The smallest absolute Gasteiger partial charge is 0.221 e. The Morgan fingerprint density at radius 3 is 2.50 bits per heavy atom. The first-order valence-corrected chi connectivity index (χ1v) is 8.94. The molecule has 1 amide bonds. The number of guanidine groups is 1. The predicted octanol–water partition coefficient (Wildman–Crippen LogP) is 2.39. The van der Waals surface area contributed by atoms with Gasteiger partial charge in [-0.05, 0) is 27.2 Å². The lowest BCUT2D eigenvalue weighted by Crippen LogP contribution is -2.41. The summed E-state index contributed by atoms with van der Waals surface area (Å²) in [5.74, 6) is 0.780. The minimum atomic E-state index is 0. The van der Waals surface area contributed by atoms with E-state index in [-0.39, 0.29) is 35.9 Å². The van der Waals surface area contributed by atoms with Gasteiger partial charge in [-0.15, -0.1) is 35.3 Å². The molecule has 0 saturated carbocycles. The fourth-order valence-corrected chi connectivity index (χ4v) is 2.83. The monoisotopic (exact) mass is 467 g/mol. The van der Waals surface area contributed by atoms with E-state index in [0.29, 0.717) is 18.9 Å². The van der Waals surface area contributed by atoms with Crippen LogP contribution in [0.4, 0.5) is 0 Å². The molecule has 1 unspecified atom stereocenters. The molecule has 8 heteroatoms. The molecular formula is C16H30IN5OS. The third-order valence-corrected chi connectivity index (χ3v) is 4.72. The molecule has 1 heterocycles. The second-order valence-electron chi connectivity index (χ2n) is 5.55. The number of carbonyl (C=O) groups is 1. The zero-order chi connectivity index (χ0) is 17.2. The number of hydrogen-bond acceptors (Lipinski definition) is 4. The van der Waals surface area contributed by atoms with Gasteiger partial charge in [-0.1, -0.05) is 6.92 Å². The van der Waals surface area contributed by atoms with Gasteiger partial charge in [0.15, 0.2) is 5.96 Å². The molecule has 1 rings (SSSR count). The zero-order valence-electron chi connectivity index (χ0n) is 15.2. The normalized spacial score (nSPS) is 12.3. The average molecular weight is 467 g/mol. The van der Waals surface area contributed by atoms with E-state index in [1.807, 2.05) is 13.8 Å². The number of nitrogens with one attached hydrogen (secondary N) is 3. The van der Waals surface area contributed by atoms with E-state index in [0.717, 1.165) is 30.1 Å². The van der Waals surface area contributed by atoms with Crippen molar-refractivity contribution in [3.8, 4) is 0 Å². The number of hydrogen-bond donors (Lipinski definition) is 3. The number of aromatic nitrogens is 1. The molecule has 3 N–H and O–H groups in total. The number of carbonyl (C=O) groups excluding carboxylic acids is 1. The summed E-state index contributed by atoms with van der Waals surface area (Å²) in [6.45, 7) is 9.53. The lowest BCUT2D eigenvalue weighted by molar-refractivity contribution is -0.121. The van der Waals surface area contributed by atoms with E-state index in [1.54, 1.807) is 18.4 Å². The van der Waals surface area contributed by atoms with Gasteiger partial charge >= 0.3 is 0 Å². The van der Waals surface area contributed by atoms with Crippen LogP contribution in [0.5, 0.6) is 0 Å². The van der Waals surface area contributed by atoms with Gasteiger partial charge in [0.25, 0.3) is 0 Å². The summed E-state index contributed by atoms with van der Waals surface area (Å²) < 4.78 is 0. The molecule has 0 aliphatic heterocycles. The predicted molar refractivity (Wildman–Crippen MR) is 113 cm³/mol. The van der Waals surface area contributed by atoms with Crippen molar-refractivity contribution in [1.82, 2.24) is 20.9 Å². The molecule has 0 aromatic carbocycles. The number of rotatable bonds is 8. The molecule has 0 saturated heterocycles. The highest BCUT2D eigenvalue weighted by atomic mass is 127. The molecule has 1 aromatic rings. The van der Waals surface area contributed by atoms with Crippen LogP contribution < -0.4 is 16.0 Å². The van der Waals surface area contributed by atoms with Crippen LogP contribution in [0.15, 0.2) is 4.99 Å². The first-order valence-electron chi connectivity index (χ1n) is 8.13. The average Bonchev–Trinajstić information content (AvgIpc) is 2.83. The largest absolute Gasteiger partial charge is 0.356 e. The topological polar surface area (TPSA) is 78.4 Å². The van der Waals surface area contributed by atoms with E-state index >= 15 is 0 Å². The first-order chi connectivity index (χ1) is 11.0. The Kier molecular flexibility index (Phi) is 12.0. The Morgan fingerprint density at radius 2 is 1.96 bits per heavy atom. The van der Waals surface area contributed by atoms with Crippen molar-refractivity contribution in [1.29, 1.82) is 0 Å². The van der Waals surface area contributed by atoms with Crippen molar-refractivity contribution in [2.24, 2.45) is 4.99 Å². The molecule has 1 aromatic heterocycles. The molecule has 0 bridgehead atoms. The number of thiazole rings is 1. The molecular weight excluding hydrogens is 437 g/mol.